The van der Waals surface area contributed by atoms with Gasteiger partial charge >= 0.3 is 0 Å². The molecule has 2 heterocycles. The Kier molecular flexibility index (Phi) is 11.2. The second-order valence-electron chi connectivity index (χ2n) is 10.5. The number of para-hydroxylation sites is 1. The van der Waals surface area contributed by atoms with Crippen molar-refractivity contribution in [3.05, 3.63) is 83.7 Å². The first-order valence-corrected chi connectivity index (χ1v) is 14.4. The fraction of sp³-hybridized carbons (Fsp3) is 0.312. The molecule has 0 aliphatic heterocycles. The smallest absolute Gasteiger partial charge is 0.248 e. The first kappa shape index (κ1) is 30.9. The number of rotatable bonds is 9. The van der Waals surface area contributed by atoms with E-state index in [1.165, 1.54) is 18.9 Å². The molecule has 1 saturated carbocycles. The molecular weight excluding hydrogens is 550 g/mol. The second-order valence-corrected chi connectivity index (χ2v) is 10.9. The van der Waals surface area contributed by atoms with Gasteiger partial charge in [0.25, 0.3) is 0 Å². The molecule has 1 aliphatic rings. The van der Waals surface area contributed by atoms with Crippen molar-refractivity contribution in [2.45, 2.75) is 37.8 Å². The molecule has 1 aliphatic carbocycles. The van der Waals surface area contributed by atoms with Gasteiger partial charge in [-0.25, -0.2) is 9.97 Å². The molecule has 4 N–H and O–H groups in total. The lowest BCUT2D eigenvalue weighted by molar-refractivity contribution is -0.111. The molecule has 0 spiro atoms. The summed E-state index contributed by atoms with van der Waals surface area (Å²) in [5.74, 6) is 0.475. The molecule has 0 radical (unpaired) electrons. The molecule has 1 fully saturated rings. The SMILES string of the molecule is CN(C)C/C=C/C(=O)Nc1ccc(C=O)cc1.CNC1CCC(Nc2ncc(Cl)c(-c3c[nH]c4ccccc34)n2)CC1. The van der Waals surface area contributed by atoms with Crippen molar-refractivity contribution >= 4 is 46.3 Å². The molecule has 2 aromatic carbocycles. The minimum absolute atomic E-state index is 0.175. The van der Waals surface area contributed by atoms with E-state index in [4.69, 9.17) is 16.6 Å². The van der Waals surface area contributed by atoms with E-state index in [0.717, 1.165) is 47.8 Å². The number of fused-ring (bicyclic) bond motifs is 1. The Morgan fingerprint density at radius 3 is 2.48 bits per heavy atom. The zero-order valence-corrected chi connectivity index (χ0v) is 25.0. The van der Waals surface area contributed by atoms with Gasteiger partial charge in [-0.3, -0.25) is 9.59 Å². The maximum atomic E-state index is 11.5. The van der Waals surface area contributed by atoms with Crippen LogP contribution in [-0.2, 0) is 4.79 Å². The minimum Gasteiger partial charge on any atom is -0.360 e. The standard InChI is InChI=1S/C19H22ClN5.C13H16N2O2/c1-21-12-6-8-13(9-7-12)24-19-23-11-16(20)18(25-19)15-10-22-17-5-3-2-4-14(15)17;1-15(2)9-3-4-13(17)14-12-7-5-11(10-16)6-8-12/h2-5,10-13,21-22H,6-9H2,1H3,(H,23,24,25);3-8,10H,9H2,1-2H3,(H,14,17)/b;4-3+. The van der Waals surface area contributed by atoms with E-state index < -0.39 is 0 Å². The van der Waals surface area contributed by atoms with Gasteiger partial charge in [0.15, 0.2) is 0 Å². The number of likely N-dealkylation sites (N-methyl/N-ethyl adjacent to an activating group) is 1. The van der Waals surface area contributed by atoms with Crippen LogP contribution in [-0.4, -0.2) is 71.8 Å². The third-order valence-electron chi connectivity index (χ3n) is 7.11. The average Bonchev–Trinajstić information content (AvgIpc) is 3.43. The maximum absolute atomic E-state index is 11.5. The van der Waals surface area contributed by atoms with E-state index >= 15 is 0 Å². The van der Waals surface area contributed by atoms with Gasteiger partial charge in [-0.15, -0.1) is 0 Å². The van der Waals surface area contributed by atoms with Gasteiger partial charge in [-0.1, -0.05) is 35.9 Å². The number of halogens is 1. The van der Waals surface area contributed by atoms with Crippen LogP contribution in [0.25, 0.3) is 22.2 Å². The predicted octanol–water partition coefficient (Wildman–Crippen LogP) is 5.78. The molecule has 42 heavy (non-hydrogen) atoms. The van der Waals surface area contributed by atoms with E-state index in [9.17, 15) is 9.59 Å². The van der Waals surface area contributed by atoms with Gasteiger partial charge in [0.2, 0.25) is 11.9 Å². The number of benzene rings is 2. The summed E-state index contributed by atoms with van der Waals surface area (Å²) in [5, 5.41) is 11.2. The number of aromatic amines is 1. The van der Waals surface area contributed by atoms with Crippen LogP contribution in [0.1, 0.15) is 36.0 Å². The normalized spacial score (nSPS) is 16.7. The number of carbonyl (C=O) groups excluding carboxylic acids is 2. The lowest BCUT2D eigenvalue weighted by atomic mass is 9.91. The highest BCUT2D eigenvalue weighted by Crippen LogP contribution is 2.32. The summed E-state index contributed by atoms with van der Waals surface area (Å²) in [6.45, 7) is 0.720. The van der Waals surface area contributed by atoms with E-state index in [0.29, 0.717) is 34.3 Å². The van der Waals surface area contributed by atoms with Crippen LogP contribution in [0.3, 0.4) is 0 Å². The predicted molar refractivity (Wildman–Crippen MR) is 171 cm³/mol. The summed E-state index contributed by atoms with van der Waals surface area (Å²) in [6, 6.07) is 15.9. The Morgan fingerprint density at radius 1 is 1.07 bits per heavy atom. The first-order valence-electron chi connectivity index (χ1n) is 14.1. The molecule has 1 amide bonds. The third kappa shape index (κ3) is 8.72. The van der Waals surface area contributed by atoms with Crippen molar-refractivity contribution in [3.63, 3.8) is 0 Å². The van der Waals surface area contributed by atoms with Crippen LogP contribution in [0.2, 0.25) is 5.02 Å². The number of hydrogen-bond donors (Lipinski definition) is 4. The Bertz CT molecular complexity index is 1490. The fourth-order valence-corrected chi connectivity index (χ4v) is 4.99. The summed E-state index contributed by atoms with van der Waals surface area (Å²) in [4.78, 5) is 36.2. The molecule has 9 nitrogen and oxygen atoms in total. The topological polar surface area (TPSA) is 115 Å². The van der Waals surface area contributed by atoms with Crippen molar-refractivity contribution in [2.24, 2.45) is 0 Å². The van der Waals surface area contributed by atoms with Gasteiger partial charge in [0.05, 0.1) is 16.9 Å². The molecule has 5 rings (SSSR count). The van der Waals surface area contributed by atoms with Gasteiger partial charge in [-0.2, -0.15) is 0 Å². The number of nitrogens with zero attached hydrogens (tertiary/aromatic N) is 3. The van der Waals surface area contributed by atoms with Crippen LogP contribution >= 0.6 is 11.6 Å². The van der Waals surface area contributed by atoms with Crippen LogP contribution in [0.4, 0.5) is 11.6 Å². The highest BCUT2D eigenvalue weighted by molar-refractivity contribution is 6.33. The quantitative estimate of drug-likeness (QED) is 0.145. The summed E-state index contributed by atoms with van der Waals surface area (Å²) in [7, 11) is 5.90. The molecule has 10 heteroatoms. The van der Waals surface area contributed by atoms with E-state index in [1.54, 1.807) is 36.5 Å². The number of nitrogens with one attached hydrogen (secondary N) is 4. The number of H-pyrrole nitrogens is 1. The molecule has 0 saturated heterocycles. The number of hydrogen-bond acceptors (Lipinski definition) is 7. The lowest BCUT2D eigenvalue weighted by Gasteiger charge is -2.28. The van der Waals surface area contributed by atoms with Crippen LogP contribution in [0.5, 0.6) is 0 Å². The van der Waals surface area contributed by atoms with Gasteiger partial charge < -0.3 is 25.8 Å². The van der Waals surface area contributed by atoms with Crippen molar-refractivity contribution in [1.29, 1.82) is 0 Å². The summed E-state index contributed by atoms with van der Waals surface area (Å²) in [6.07, 6.45) is 12.3. The average molecular weight is 588 g/mol. The Morgan fingerprint density at radius 2 is 1.79 bits per heavy atom. The van der Waals surface area contributed by atoms with Gasteiger partial charge in [0.1, 0.15) is 6.29 Å². The largest absolute Gasteiger partial charge is 0.360 e. The molecule has 2 aromatic heterocycles. The molecular formula is C32H38ClN7O2. The summed E-state index contributed by atoms with van der Waals surface area (Å²) in [5.41, 5.74) is 4.11. The van der Waals surface area contributed by atoms with Crippen LogP contribution < -0.4 is 16.0 Å². The molecule has 0 bridgehead atoms. The number of amides is 1. The number of aldehydes is 1. The van der Waals surface area contributed by atoms with Crippen molar-refractivity contribution in [3.8, 4) is 11.3 Å². The highest BCUT2D eigenvalue weighted by Gasteiger charge is 2.21. The van der Waals surface area contributed by atoms with Gasteiger partial charge in [-0.05, 0) is 77.2 Å². The maximum Gasteiger partial charge on any atom is 0.248 e. The number of aromatic nitrogens is 3. The zero-order chi connectivity index (χ0) is 29.9. The third-order valence-corrected chi connectivity index (χ3v) is 7.39. The Balaban J connectivity index is 0.000000209. The number of carbonyl (C=O) groups is 2. The summed E-state index contributed by atoms with van der Waals surface area (Å²) < 4.78 is 0. The van der Waals surface area contributed by atoms with Crippen molar-refractivity contribution in [2.75, 3.05) is 38.3 Å². The fourth-order valence-electron chi connectivity index (χ4n) is 4.80. The summed E-state index contributed by atoms with van der Waals surface area (Å²) >= 11 is 6.39. The first-order chi connectivity index (χ1) is 20.4. The highest BCUT2D eigenvalue weighted by atomic mass is 35.5. The van der Waals surface area contributed by atoms with Crippen molar-refractivity contribution < 1.29 is 9.59 Å². The van der Waals surface area contributed by atoms with E-state index in [2.05, 4.69) is 32.0 Å². The van der Waals surface area contributed by atoms with Crippen molar-refractivity contribution in [1.82, 2.24) is 25.2 Å². The molecule has 4 aromatic rings. The monoisotopic (exact) mass is 587 g/mol. The van der Waals surface area contributed by atoms with Crippen LogP contribution in [0, 0.1) is 0 Å². The minimum atomic E-state index is -0.175. The Hall–Kier alpha value is -4.05. The Labute approximate surface area is 251 Å². The van der Waals surface area contributed by atoms with E-state index in [-0.39, 0.29) is 5.91 Å². The number of anilines is 2. The second kappa shape index (κ2) is 15.3. The van der Waals surface area contributed by atoms with Gasteiger partial charge in [0, 0.05) is 58.6 Å². The zero-order valence-electron chi connectivity index (χ0n) is 24.2. The van der Waals surface area contributed by atoms with E-state index in [1.807, 2.05) is 50.4 Å². The van der Waals surface area contributed by atoms with Crippen LogP contribution in [0.15, 0.2) is 73.1 Å². The lowest BCUT2D eigenvalue weighted by Crippen LogP contribution is -2.35. The molecule has 0 atom stereocenters. The molecule has 0 unspecified atom stereocenters. The molecule has 220 valence electrons.